The standard InChI is InChI=1S/C15H22FNO/c1-4-15(3,5-2)17-10-13-9-11-8-12(16)6-7-14(11)18-13/h6-8,13,17H,4-5,9-10H2,1-3H3. The smallest absolute Gasteiger partial charge is 0.123 e. The predicted molar refractivity (Wildman–Crippen MR) is 71.5 cm³/mol. The van der Waals surface area contributed by atoms with Gasteiger partial charge in [-0.15, -0.1) is 0 Å². The lowest BCUT2D eigenvalue weighted by Gasteiger charge is -2.29. The maximum atomic E-state index is 13.1. The van der Waals surface area contributed by atoms with Gasteiger partial charge >= 0.3 is 0 Å². The van der Waals surface area contributed by atoms with Crippen molar-refractivity contribution in [2.75, 3.05) is 6.54 Å². The first kappa shape index (κ1) is 13.3. The zero-order valence-corrected chi connectivity index (χ0v) is 11.4. The molecule has 0 bridgehead atoms. The van der Waals surface area contributed by atoms with Crippen LogP contribution in [0.4, 0.5) is 4.39 Å². The third kappa shape index (κ3) is 2.83. The summed E-state index contributed by atoms with van der Waals surface area (Å²) in [5.41, 5.74) is 1.15. The van der Waals surface area contributed by atoms with E-state index >= 15 is 0 Å². The Kier molecular flexibility index (Phi) is 3.91. The third-order valence-electron chi connectivity index (χ3n) is 4.08. The molecule has 1 heterocycles. The Balaban J connectivity index is 1.92. The monoisotopic (exact) mass is 251 g/mol. The van der Waals surface area contributed by atoms with Crippen LogP contribution in [0.1, 0.15) is 39.2 Å². The van der Waals surface area contributed by atoms with E-state index in [9.17, 15) is 4.39 Å². The summed E-state index contributed by atoms with van der Waals surface area (Å²) in [7, 11) is 0. The Morgan fingerprint density at radius 2 is 2.11 bits per heavy atom. The number of hydrogen-bond acceptors (Lipinski definition) is 2. The first-order valence-corrected chi connectivity index (χ1v) is 6.76. The van der Waals surface area contributed by atoms with E-state index < -0.39 is 0 Å². The van der Waals surface area contributed by atoms with Crippen LogP contribution in [0.5, 0.6) is 5.75 Å². The van der Waals surface area contributed by atoms with Crippen LogP contribution in [0, 0.1) is 5.82 Å². The van der Waals surface area contributed by atoms with Crippen LogP contribution in [-0.4, -0.2) is 18.2 Å². The average molecular weight is 251 g/mol. The van der Waals surface area contributed by atoms with Gasteiger partial charge < -0.3 is 10.1 Å². The molecule has 2 nitrogen and oxygen atoms in total. The molecule has 18 heavy (non-hydrogen) atoms. The molecule has 0 saturated carbocycles. The van der Waals surface area contributed by atoms with Crippen LogP contribution in [0.15, 0.2) is 18.2 Å². The fraction of sp³-hybridized carbons (Fsp3) is 0.600. The molecule has 1 aromatic carbocycles. The molecule has 3 heteroatoms. The summed E-state index contributed by atoms with van der Waals surface area (Å²) in [6.07, 6.45) is 3.11. The first-order chi connectivity index (χ1) is 8.56. The maximum Gasteiger partial charge on any atom is 0.123 e. The summed E-state index contributed by atoms with van der Waals surface area (Å²) >= 11 is 0. The minimum absolute atomic E-state index is 0.124. The Bertz CT molecular complexity index is 415. The number of ether oxygens (including phenoxy) is 1. The summed E-state index contributed by atoms with van der Waals surface area (Å²) in [5.74, 6) is 0.649. The molecule has 1 atom stereocenters. The van der Waals surface area contributed by atoms with Gasteiger partial charge in [-0.05, 0) is 38.0 Å². The third-order valence-corrected chi connectivity index (χ3v) is 4.08. The number of nitrogens with one attached hydrogen (secondary N) is 1. The van der Waals surface area contributed by atoms with E-state index in [1.165, 1.54) is 6.07 Å². The molecule has 1 unspecified atom stereocenters. The maximum absolute atomic E-state index is 13.1. The van der Waals surface area contributed by atoms with E-state index in [0.717, 1.165) is 37.1 Å². The van der Waals surface area contributed by atoms with E-state index in [2.05, 4.69) is 26.1 Å². The lowest BCUT2D eigenvalue weighted by atomic mass is 9.95. The average Bonchev–Trinajstić information content (AvgIpc) is 2.78. The second kappa shape index (κ2) is 5.27. The molecule has 0 fully saturated rings. The zero-order chi connectivity index (χ0) is 13.2. The van der Waals surface area contributed by atoms with Crippen molar-refractivity contribution >= 4 is 0 Å². The normalized spacial score (nSPS) is 18.6. The molecule has 100 valence electrons. The van der Waals surface area contributed by atoms with E-state index in [1.807, 2.05) is 0 Å². The summed E-state index contributed by atoms with van der Waals surface area (Å²) < 4.78 is 18.9. The van der Waals surface area contributed by atoms with Gasteiger partial charge in [0.15, 0.2) is 0 Å². The van der Waals surface area contributed by atoms with Gasteiger partial charge in [0.1, 0.15) is 17.7 Å². The molecule has 0 aromatic heterocycles. The fourth-order valence-corrected chi connectivity index (χ4v) is 2.26. The van der Waals surface area contributed by atoms with Gasteiger partial charge in [-0.3, -0.25) is 0 Å². The van der Waals surface area contributed by atoms with E-state index in [-0.39, 0.29) is 17.5 Å². The van der Waals surface area contributed by atoms with Gasteiger partial charge in [-0.25, -0.2) is 4.39 Å². The van der Waals surface area contributed by atoms with Crippen LogP contribution >= 0.6 is 0 Å². The molecule has 2 rings (SSSR count). The largest absolute Gasteiger partial charge is 0.488 e. The van der Waals surface area contributed by atoms with Crippen molar-refractivity contribution in [3.8, 4) is 5.75 Å². The van der Waals surface area contributed by atoms with Crippen molar-refractivity contribution in [3.63, 3.8) is 0 Å². The molecule has 0 spiro atoms. The SMILES string of the molecule is CCC(C)(CC)NCC1Cc2cc(F)ccc2O1. The Morgan fingerprint density at radius 3 is 2.78 bits per heavy atom. The molecule has 0 aliphatic carbocycles. The summed E-state index contributed by atoms with van der Waals surface area (Å²) in [5, 5.41) is 3.57. The second-order valence-corrected chi connectivity index (χ2v) is 5.34. The number of benzene rings is 1. The first-order valence-electron chi connectivity index (χ1n) is 6.76. The fourth-order valence-electron chi connectivity index (χ4n) is 2.26. The lowest BCUT2D eigenvalue weighted by Crippen LogP contribution is -2.45. The number of fused-ring (bicyclic) bond motifs is 1. The molecule has 1 aliphatic heterocycles. The van der Waals surface area contributed by atoms with Crippen molar-refractivity contribution in [1.82, 2.24) is 5.32 Å². The highest BCUT2D eigenvalue weighted by Gasteiger charge is 2.26. The molecule has 1 N–H and O–H groups in total. The van der Waals surface area contributed by atoms with Crippen LogP contribution in [-0.2, 0) is 6.42 Å². The molecule has 0 amide bonds. The Labute approximate surface area is 109 Å². The Morgan fingerprint density at radius 1 is 1.39 bits per heavy atom. The quantitative estimate of drug-likeness (QED) is 0.867. The van der Waals surface area contributed by atoms with Crippen LogP contribution in [0.25, 0.3) is 0 Å². The van der Waals surface area contributed by atoms with E-state index in [4.69, 9.17) is 4.74 Å². The predicted octanol–water partition coefficient (Wildman–Crippen LogP) is 3.30. The minimum Gasteiger partial charge on any atom is -0.488 e. The number of hydrogen-bond donors (Lipinski definition) is 1. The molecule has 0 radical (unpaired) electrons. The number of halogens is 1. The highest BCUT2D eigenvalue weighted by molar-refractivity contribution is 5.37. The Hall–Kier alpha value is -1.09. The zero-order valence-electron chi connectivity index (χ0n) is 11.4. The highest BCUT2D eigenvalue weighted by atomic mass is 19.1. The van der Waals surface area contributed by atoms with E-state index in [0.29, 0.717) is 0 Å². The van der Waals surface area contributed by atoms with Gasteiger partial charge in [0.25, 0.3) is 0 Å². The van der Waals surface area contributed by atoms with Crippen molar-refractivity contribution in [3.05, 3.63) is 29.6 Å². The van der Waals surface area contributed by atoms with Gasteiger partial charge in [-0.1, -0.05) is 13.8 Å². The topological polar surface area (TPSA) is 21.3 Å². The summed E-state index contributed by atoms with van der Waals surface area (Å²) in [4.78, 5) is 0. The highest BCUT2D eigenvalue weighted by Crippen LogP contribution is 2.29. The van der Waals surface area contributed by atoms with Gasteiger partial charge in [0, 0.05) is 24.1 Å². The summed E-state index contributed by atoms with van der Waals surface area (Å²) in [6.45, 7) is 7.43. The van der Waals surface area contributed by atoms with Crippen molar-refractivity contribution in [2.24, 2.45) is 0 Å². The lowest BCUT2D eigenvalue weighted by molar-refractivity contribution is 0.200. The van der Waals surface area contributed by atoms with Crippen molar-refractivity contribution in [1.29, 1.82) is 0 Å². The number of rotatable bonds is 5. The molecular weight excluding hydrogens is 229 g/mol. The molecule has 0 saturated heterocycles. The van der Waals surface area contributed by atoms with Crippen molar-refractivity contribution in [2.45, 2.75) is 51.7 Å². The second-order valence-electron chi connectivity index (χ2n) is 5.34. The van der Waals surface area contributed by atoms with Crippen LogP contribution in [0.3, 0.4) is 0 Å². The molecule has 1 aromatic rings. The molecular formula is C15H22FNO. The minimum atomic E-state index is -0.182. The van der Waals surface area contributed by atoms with E-state index in [1.54, 1.807) is 12.1 Å². The van der Waals surface area contributed by atoms with Gasteiger partial charge in [0.2, 0.25) is 0 Å². The van der Waals surface area contributed by atoms with Crippen LogP contribution < -0.4 is 10.1 Å². The van der Waals surface area contributed by atoms with Crippen molar-refractivity contribution < 1.29 is 9.13 Å². The van der Waals surface area contributed by atoms with Crippen LogP contribution in [0.2, 0.25) is 0 Å². The summed E-state index contributed by atoms with van der Waals surface area (Å²) in [6, 6.07) is 4.76. The molecule has 1 aliphatic rings. The van der Waals surface area contributed by atoms with Gasteiger partial charge in [0.05, 0.1) is 0 Å². The van der Waals surface area contributed by atoms with Gasteiger partial charge in [-0.2, -0.15) is 0 Å².